The van der Waals surface area contributed by atoms with Crippen molar-refractivity contribution in [2.75, 3.05) is 6.54 Å². The molecule has 1 heterocycles. The monoisotopic (exact) mass is 198 g/mol. The van der Waals surface area contributed by atoms with Crippen molar-refractivity contribution in [1.29, 1.82) is 0 Å². The van der Waals surface area contributed by atoms with E-state index in [1.54, 1.807) is 0 Å². The zero-order valence-electron chi connectivity index (χ0n) is 10.2. The Balaban J connectivity index is 2.45. The van der Waals surface area contributed by atoms with Gasteiger partial charge in [0.15, 0.2) is 0 Å². The average molecular weight is 198 g/mol. The van der Waals surface area contributed by atoms with Gasteiger partial charge in [0.2, 0.25) is 0 Å². The summed E-state index contributed by atoms with van der Waals surface area (Å²) in [5.41, 5.74) is 0.246. The summed E-state index contributed by atoms with van der Waals surface area (Å²) in [5, 5.41) is 7.36. The van der Waals surface area contributed by atoms with Gasteiger partial charge in [-0.25, -0.2) is 0 Å². The first-order chi connectivity index (χ1) is 6.53. The highest BCUT2D eigenvalue weighted by molar-refractivity contribution is 4.89. The van der Waals surface area contributed by atoms with E-state index in [1.165, 1.54) is 32.2 Å². The van der Waals surface area contributed by atoms with Crippen LogP contribution >= 0.6 is 0 Å². The van der Waals surface area contributed by atoms with E-state index in [2.05, 4.69) is 38.3 Å². The molecule has 84 valence electrons. The summed E-state index contributed by atoms with van der Waals surface area (Å²) in [5.74, 6) is 0. The molecule has 14 heavy (non-hydrogen) atoms. The lowest BCUT2D eigenvalue weighted by Gasteiger charge is -2.38. The molecule has 0 aromatic heterocycles. The van der Waals surface area contributed by atoms with Gasteiger partial charge in [-0.2, -0.15) is 0 Å². The van der Waals surface area contributed by atoms with Gasteiger partial charge in [0.05, 0.1) is 0 Å². The molecule has 0 bridgehead atoms. The number of nitrogens with one attached hydrogen (secondary N) is 2. The molecule has 0 radical (unpaired) electrons. The summed E-state index contributed by atoms with van der Waals surface area (Å²) in [6.07, 6.45) is 5.22. The highest BCUT2D eigenvalue weighted by Gasteiger charge is 2.26. The Morgan fingerprint density at radius 2 is 2.07 bits per heavy atom. The van der Waals surface area contributed by atoms with Crippen molar-refractivity contribution in [3.63, 3.8) is 0 Å². The molecule has 1 aliphatic heterocycles. The second kappa shape index (κ2) is 5.13. The van der Waals surface area contributed by atoms with Gasteiger partial charge < -0.3 is 10.6 Å². The normalized spacial score (nSPS) is 29.1. The Morgan fingerprint density at radius 3 is 2.64 bits per heavy atom. The third kappa shape index (κ3) is 3.97. The largest absolute Gasteiger partial charge is 0.312 e. The fourth-order valence-corrected chi connectivity index (χ4v) is 2.30. The lowest BCUT2D eigenvalue weighted by atomic mass is 9.92. The van der Waals surface area contributed by atoms with Crippen LogP contribution in [-0.2, 0) is 0 Å². The molecular weight excluding hydrogens is 172 g/mol. The van der Waals surface area contributed by atoms with Crippen molar-refractivity contribution in [2.45, 2.75) is 71.0 Å². The molecule has 1 fully saturated rings. The molecule has 1 rings (SSSR count). The minimum Gasteiger partial charge on any atom is -0.312 e. The topological polar surface area (TPSA) is 24.1 Å². The first kappa shape index (κ1) is 12.0. The molecule has 0 amide bonds. The molecule has 2 unspecified atom stereocenters. The Bertz CT molecular complexity index is 158. The fraction of sp³-hybridized carbons (Fsp3) is 1.00. The molecule has 2 nitrogen and oxygen atoms in total. The maximum Gasteiger partial charge on any atom is 0.0226 e. The maximum absolute atomic E-state index is 3.73. The van der Waals surface area contributed by atoms with Gasteiger partial charge in [0, 0.05) is 17.6 Å². The smallest absolute Gasteiger partial charge is 0.0226 e. The molecule has 0 saturated carbocycles. The predicted molar refractivity (Wildman–Crippen MR) is 62.6 cm³/mol. The molecule has 0 spiro atoms. The van der Waals surface area contributed by atoms with Crippen LogP contribution < -0.4 is 10.6 Å². The zero-order chi connectivity index (χ0) is 10.6. The van der Waals surface area contributed by atoms with E-state index >= 15 is 0 Å². The Hall–Kier alpha value is -0.0800. The van der Waals surface area contributed by atoms with Crippen molar-refractivity contribution in [3.05, 3.63) is 0 Å². The minimum absolute atomic E-state index is 0.246. The van der Waals surface area contributed by atoms with Crippen LogP contribution in [0.1, 0.15) is 53.4 Å². The molecular formula is C12H26N2. The van der Waals surface area contributed by atoms with Crippen molar-refractivity contribution in [1.82, 2.24) is 10.6 Å². The second-order valence-electron chi connectivity index (χ2n) is 5.49. The highest BCUT2D eigenvalue weighted by Crippen LogP contribution is 2.16. The standard InChI is InChI=1S/C12H26N2/c1-5-7-10-11(8-6-9-13-10)14-12(2,3)4/h10-11,13-14H,5-9H2,1-4H3. The lowest BCUT2D eigenvalue weighted by Crippen LogP contribution is -2.56. The first-order valence-corrected chi connectivity index (χ1v) is 6.04. The van der Waals surface area contributed by atoms with Gasteiger partial charge in [-0.05, 0) is 46.6 Å². The summed E-state index contributed by atoms with van der Waals surface area (Å²) in [6.45, 7) is 10.2. The molecule has 2 atom stereocenters. The number of hydrogen-bond donors (Lipinski definition) is 2. The minimum atomic E-state index is 0.246. The van der Waals surface area contributed by atoms with Crippen molar-refractivity contribution >= 4 is 0 Å². The van der Waals surface area contributed by atoms with E-state index in [1.807, 2.05) is 0 Å². The van der Waals surface area contributed by atoms with Gasteiger partial charge in [-0.1, -0.05) is 13.3 Å². The summed E-state index contributed by atoms with van der Waals surface area (Å²) >= 11 is 0. The summed E-state index contributed by atoms with van der Waals surface area (Å²) in [6, 6.07) is 1.36. The van der Waals surface area contributed by atoms with Gasteiger partial charge in [0.1, 0.15) is 0 Å². The zero-order valence-corrected chi connectivity index (χ0v) is 10.2. The Labute approximate surface area is 88.8 Å². The van der Waals surface area contributed by atoms with E-state index in [0.717, 1.165) is 0 Å². The number of rotatable bonds is 3. The van der Waals surface area contributed by atoms with Gasteiger partial charge in [-0.15, -0.1) is 0 Å². The second-order valence-corrected chi connectivity index (χ2v) is 5.49. The first-order valence-electron chi connectivity index (χ1n) is 6.04. The van der Waals surface area contributed by atoms with E-state index in [0.29, 0.717) is 12.1 Å². The molecule has 0 aliphatic carbocycles. The quantitative estimate of drug-likeness (QED) is 0.727. The van der Waals surface area contributed by atoms with Crippen molar-refractivity contribution < 1.29 is 0 Å². The van der Waals surface area contributed by atoms with E-state index in [4.69, 9.17) is 0 Å². The van der Waals surface area contributed by atoms with Gasteiger partial charge in [0.25, 0.3) is 0 Å². The van der Waals surface area contributed by atoms with Crippen LogP contribution in [0.5, 0.6) is 0 Å². The van der Waals surface area contributed by atoms with Crippen LogP contribution in [0.4, 0.5) is 0 Å². The van der Waals surface area contributed by atoms with Gasteiger partial charge >= 0.3 is 0 Å². The fourth-order valence-electron chi connectivity index (χ4n) is 2.30. The Kier molecular flexibility index (Phi) is 4.39. The summed E-state index contributed by atoms with van der Waals surface area (Å²) < 4.78 is 0. The van der Waals surface area contributed by atoms with E-state index in [-0.39, 0.29) is 5.54 Å². The maximum atomic E-state index is 3.73. The van der Waals surface area contributed by atoms with Crippen LogP contribution in [0.2, 0.25) is 0 Å². The average Bonchev–Trinajstić information content (AvgIpc) is 2.06. The SMILES string of the molecule is CCCC1NCCCC1NC(C)(C)C. The predicted octanol–water partition coefficient (Wildman–Crippen LogP) is 2.30. The van der Waals surface area contributed by atoms with Crippen LogP contribution in [0.15, 0.2) is 0 Å². The molecule has 0 aromatic rings. The molecule has 1 aliphatic rings. The van der Waals surface area contributed by atoms with Crippen LogP contribution in [0.25, 0.3) is 0 Å². The van der Waals surface area contributed by atoms with E-state index in [9.17, 15) is 0 Å². The third-order valence-electron chi connectivity index (χ3n) is 2.80. The highest BCUT2D eigenvalue weighted by atomic mass is 15.1. The Morgan fingerprint density at radius 1 is 1.36 bits per heavy atom. The number of piperidine rings is 1. The van der Waals surface area contributed by atoms with Crippen LogP contribution in [-0.4, -0.2) is 24.2 Å². The van der Waals surface area contributed by atoms with Crippen LogP contribution in [0, 0.1) is 0 Å². The lowest BCUT2D eigenvalue weighted by molar-refractivity contribution is 0.240. The third-order valence-corrected chi connectivity index (χ3v) is 2.80. The van der Waals surface area contributed by atoms with Crippen molar-refractivity contribution in [3.8, 4) is 0 Å². The number of hydrogen-bond acceptors (Lipinski definition) is 2. The van der Waals surface area contributed by atoms with Crippen LogP contribution in [0.3, 0.4) is 0 Å². The summed E-state index contributed by atoms with van der Waals surface area (Å²) in [7, 11) is 0. The van der Waals surface area contributed by atoms with Crippen molar-refractivity contribution in [2.24, 2.45) is 0 Å². The molecule has 0 aromatic carbocycles. The van der Waals surface area contributed by atoms with E-state index < -0.39 is 0 Å². The molecule has 2 heteroatoms. The summed E-state index contributed by atoms with van der Waals surface area (Å²) in [4.78, 5) is 0. The molecule has 2 N–H and O–H groups in total. The molecule has 1 saturated heterocycles. The van der Waals surface area contributed by atoms with Gasteiger partial charge in [-0.3, -0.25) is 0 Å².